The standard InChI is InChI=1S/C73H48N2/c1-5-22-49(23-6-1)52-28-19-29-53(44-52)69-48-70(75-72(74-69)51-25-7-2-8-26-51)65-43-42-61(63-35-15-16-36-64(63)65)55-45-54(60-38-20-27-50-24-13-14-34-59(50)60)46-56(47-55)62-39-21-41-68-71(62)66-37-17-18-40-67(66)73(68,57-30-9-3-10-31-57)58-32-11-4-12-33-58/h1-48H. The Balaban J connectivity index is 0.989. The maximum absolute atomic E-state index is 5.37. The minimum absolute atomic E-state index is 0.515. The molecule has 2 nitrogen and oxygen atoms in total. The molecule has 0 N–H and O–H groups in total. The SMILES string of the molecule is c1ccc(-c2cccc(-c3cc(-c4ccc(-c5cc(-c6cccc7c6-c6ccccc6C7(c6ccccc6)c6ccccc6)cc(-c6cccc7ccccc67)c5)c5ccccc45)nc(-c4ccccc4)n3)c2)cc1. The molecule has 350 valence electrons. The third-order valence-corrected chi connectivity index (χ3v) is 15.4. The largest absolute Gasteiger partial charge is 0.228 e. The first-order valence-corrected chi connectivity index (χ1v) is 25.8. The average Bonchev–Trinajstić information content (AvgIpc) is 3.83. The number of aromatic nitrogens is 2. The van der Waals surface area contributed by atoms with Crippen LogP contribution in [0.5, 0.6) is 0 Å². The van der Waals surface area contributed by atoms with E-state index in [1.165, 1.54) is 66.4 Å². The Kier molecular flexibility index (Phi) is 10.8. The first-order valence-electron chi connectivity index (χ1n) is 25.8. The van der Waals surface area contributed by atoms with Gasteiger partial charge in [-0.05, 0) is 130 Å². The van der Waals surface area contributed by atoms with E-state index in [1.807, 2.05) is 6.07 Å². The van der Waals surface area contributed by atoms with Crippen LogP contribution in [-0.4, -0.2) is 9.97 Å². The van der Waals surface area contributed by atoms with Crippen molar-refractivity contribution in [3.05, 3.63) is 313 Å². The van der Waals surface area contributed by atoms with Crippen molar-refractivity contribution in [2.45, 2.75) is 5.41 Å². The molecule has 1 aromatic heterocycles. The predicted octanol–water partition coefficient (Wildman–Crippen LogP) is 18.8. The number of hydrogen-bond acceptors (Lipinski definition) is 2. The third kappa shape index (κ3) is 7.49. The van der Waals surface area contributed by atoms with Crippen LogP contribution < -0.4 is 0 Å². The average molecular weight is 953 g/mol. The summed E-state index contributed by atoms with van der Waals surface area (Å²) in [4.78, 5) is 10.6. The van der Waals surface area contributed by atoms with Crippen LogP contribution in [0.25, 0.3) is 111 Å². The van der Waals surface area contributed by atoms with E-state index in [4.69, 9.17) is 9.97 Å². The molecule has 13 aromatic rings. The van der Waals surface area contributed by atoms with Crippen molar-refractivity contribution in [3.8, 4) is 89.5 Å². The lowest BCUT2D eigenvalue weighted by Gasteiger charge is -2.34. The Labute approximate surface area is 437 Å². The van der Waals surface area contributed by atoms with Crippen LogP contribution in [0.3, 0.4) is 0 Å². The van der Waals surface area contributed by atoms with Crippen molar-refractivity contribution in [3.63, 3.8) is 0 Å². The molecule has 1 aliphatic rings. The summed E-state index contributed by atoms with van der Waals surface area (Å²) >= 11 is 0. The van der Waals surface area contributed by atoms with Crippen molar-refractivity contribution in [1.82, 2.24) is 9.97 Å². The molecule has 0 atom stereocenters. The molecule has 1 heterocycles. The summed E-state index contributed by atoms with van der Waals surface area (Å²) in [6, 6.07) is 106. The summed E-state index contributed by atoms with van der Waals surface area (Å²) in [7, 11) is 0. The number of nitrogens with zero attached hydrogens (tertiary/aromatic N) is 2. The lowest BCUT2D eigenvalue weighted by Crippen LogP contribution is -2.28. The van der Waals surface area contributed by atoms with Gasteiger partial charge in [0.25, 0.3) is 0 Å². The van der Waals surface area contributed by atoms with Gasteiger partial charge in [0.05, 0.1) is 16.8 Å². The molecule has 0 spiro atoms. The van der Waals surface area contributed by atoms with Gasteiger partial charge in [0.1, 0.15) is 0 Å². The normalized spacial score (nSPS) is 12.4. The van der Waals surface area contributed by atoms with E-state index in [0.29, 0.717) is 5.82 Å². The second-order valence-electron chi connectivity index (χ2n) is 19.6. The van der Waals surface area contributed by atoms with Gasteiger partial charge in [-0.15, -0.1) is 0 Å². The van der Waals surface area contributed by atoms with Gasteiger partial charge in [-0.1, -0.05) is 261 Å². The highest BCUT2D eigenvalue weighted by Gasteiger charge is 2.46. The second kappa shape index (κ2) is 18.4. The number of benzene rings is 12. The lowest BCUT2D eigenvalue weighted by molar-refractivity contribution is 0.768. The topological polar surface area (TPSA) is 25.8 Å². The fourth-order valence-corrected chi connectivity index (χ4v) is 12.0. The molecule has 0 fully saturated rings. The summed E-state index contributed by atoms with van der Waals surface area (Å²) in [5.41, 5.74) is 21.3. The molecule has 0 bridgehead atoms. The molecule has 2 heteroatoms. The highest BCUT2D eigenvalue weighted by Crippen LogP contribution is 2.58. The summed E-state index contributed by atoms with van der Waals surface area (Å²) in [6.07, 6.45) is 0. The van der Waals surface area contributed by atoms with Crippen LogP contribution in [0, 0.1) is 0 Å². The summed E-state index contributed by atoms with van der Waals surface area (Å²) in [5, 5.41) is 4.72. The smallest absolute Gasteiger partial charge is 0.160 e. The zero-order valence-corrected chi connectivity index (χ0v) is 41.1. The van der Waals surface area contributed by atoms with Crippen molar-refractivity contribution < 1.29 is 0 Å². The Hall–Kier alpha value is -9.76. The van der Waals surface area contributed by atoms with E-state index < -0.39 is 5.41 Å². The number of hydrogen-bond donors (Lipinski definition) is 0. The van der Waals surface area contributed by atoms with E-state index in [-0.39, 0.29) is 0 Å². The van der Waals surface area contributed by atoms with Crippen LogP contribution >= 0.6 is 0 Å². The predicted molar refractivity (Wildman–Crippen MR) is 312 cm³/mol. The lowest BCUT2D eigenvalue weighted by atomic mass is 9.67. The van der Waals surface area contributed by atoms with Gasteiger partial charge >= 0.3 is 0 Å². The van der Waals surface area contributed by atoms with E-state index in [2.05, 4.69) is 285 Å². The molecule has 14 rings (SSSR count). The molecular weight excluding hydrogens is 905 g/mol. The van der Waals surface area contributed by atoms with E-state index in [1.54, 1.807) is 0 Å². The zero-order valence-electron chi connectivity index (χ0n) is 41.1. The minimum atomic E-state index is -0.515. The molecule has 0 saturated heterocycles. The van der Waals surface area contributed by atoms with Gasteiger partial charge < -0.3 is 0 Å². The number of fused-ring (bicyclic) bond motifs is 5. The second-order valence-corrected chi connectivity index (χ2v) is 19.6. The third-order valence-electron chi connectivity index (χ3n) is 15.4. The van der Waals surface area contributed by atoms with Crippen molar-refractivity contribution in [2.24, 2.45) is 0 Å². The molecule has 0 amide bonds. The summed E-state index contributed by atoms with van der Waals surface area (Å²) < 4.78 is 0. The molecule has 0 aliphatic heterocycles. The maximum atomic E-state index is 5.37. The van der Waals surface area contributed by atoms with Gasteiger partial charge in [0, 0.05) is 16.7 Å². The molecule has 1 aliphatic carbocycles. The summed E-state index contributed by atoms with van der Waals surface area (Å²) in [5.74, 6) is 0.689. The Morgan fingerprint density at radius 3 is 1.40 bits per heavy atom. The molecule has 0 radical (unpaired) electrons. The van der Waals surface area contributed by atoms with E-state index >= 15 is 0 Å². The first kappa shape index (κ1) is 44.0. The van der Waals surface area contributed by atoms with Gasteiger partial charge in [0.2, 0.25) is 0 Å². The Morgan fingerprint density at radius 1 is 0.240 bits per heavy atom. The van der Waals surface area contributed by atoms with E-state index in [0.717, 1.165) is 61.1 Å². The van der Waals surface area contributed by atoms with Crippen molar-refractivity contribution >= 4 is 21.5 Å². The molecule has 0 saturated carbocycles. The minimum Gasteiger partial charge on any atom is -0.228 e. The highest BCUT2D eigenvalue weighted by molar-refractivity contribution is 6.07. The summed E-state index contributed by atoms with van der Waals surface area (Å²) in [6.45, 7) is 0. The zero-order chi connectivity index (χ0) is 49.7. The fourth-order valence-electron chi connectivity index (χ4n) is 12.0. The quantitative estimate of drug-likeness (QED) is 0.144. The molecule has 0 unspecified atom stereocenters. The van der Waals surface area contributed by atoms with Crippen LogP contribution in [0.15, 0.2) is 291 Å². The van der Waals surface area contributed by atoms with Gasteiger partial charge in [-0.3, -0.25) is 0 Å². The van der Waals surface area contributed by atoms with Crippen LogP contribution in [0.2, 0.25) is 0 Å². The van der Waals surface area contributed by atoms with Gasteiger partial charge in [-0.25, -0.2) is 9.97 Å². The van der Waals surface area contributed by atoms with Crippen LogP contribution in [0.4, 0.5) is 0 Å². The van der Waals surface area contributed by atoms with Crippen molar-refractivity contribution in [2.75, 3.05) is 0 Å². The van der Waals surface area contributed by atoms with E-state index in [9.17, 15) is 0 Å². The van der Waals surface area contributed by atoms with Gasteiger partial charge in [-0.2, -0.15) is 0 Å². The van der Waals surface area contributed by atoms with Crippen LogP contribution in [-0.2, 0) is 5.41 Å². The fraction of sp³-hybridized carbons (Fsp3) is 0.0137. The Bertz CT molecular complexity index is 4230. The van der Waals surface area contributed by atoms with Crippen LogP contribution in [0.1, 0.15) is 22.3 Å². The van der Waals surface area contributed by atoms with Gasteiger partial charge in [0.15, 0.2) is 5.82 Å². The van der Waals surface area contributed by atoms with Crippen molar-refractivity contribution in [1.29, 1.82) is 0 Å². The monoisotopic (exact) mass is 952 g/mol. The first-order chi connectivity index (χ1) is 37.2. The molecule has 12 aromatic carbocycles. The Morgan fingerprint density at radius 2 is 0.680 bits per heavy atom. The molecular formula is C73H48N2. The molecule has 75 heavy (non-hydrogen) atoms. The highest BCUT2D eigenvalue weighted by atomic mass is 14.9. The number of rotatable bonds is 9. The maximum Gasteiger partial charge on any atom is 0.160 e.